The summed E-state index contributed by atoms with van der Waals surface area (Å²) in [6, 6.07) is 9.89. The zero-order valence-electron chi connectivity index (χ0n) is 26.2. The molecule has 2 aromatic carbocycles. The van der Waals surface area contributed by atoms with Crippen molar-refractivity contribution in [2.24, 2.45) is 0 Å². The summed E-state index contributed by atoms with van der Waals surface area (Å²) in [5.41, 5.74) is -1.83. The number of fused-ring (bicyclic) bond motifs is 1. The molecule has 0 aliphatic carbocycles. The first-order chi connectivity index (χ1) is 23.3. The van der Waals surface area contributed by atoms with Gasteiger partial charge < -0.3 is 30.7 Å². The zero-order valence-corrected chi connectivity index (χ0v) is 26.2. The molecule has 16 heteroatoms. The molecular formula is C33H31F3N6O7. The van der Waals surface area contributed by atoms with E-state index in [1.165, 1.54) is 18.7 Å². The number of amides is 3. The SMILES string of the molecule is C[C@H](NC(=O)[C@@H](C)NC(=O)OCc1ccccc1)C(=O)NC1CCN(c2nc3c(-c4ccc(F)cc4F)cc(C(=O)O)c(=O)n3cc2F)C1. The van der Waals surface area contributed by atoms with Crippen LogP contribution in [0, 0.1) is 17.5 Å². The number of carboxylic acid groups (broad SMARTS) is 1. The number of hydrogen-bond donors (Lipinski definition) is 4. The van der Waals surface area contributed by atoms with Gasteiger partial charge in [-0.3, -0.25) is 18.8 Å². The number of anilines is 1. The molecule has 1 aliphatic heterocycles. The average molecular weight is 681 g/mol. The second-order valence-corrected chi connectivity index (χ2v) is 11.4. The molecule has 4 N–H and O–H groups in total. The Balaban J connectivity index is 1.24. The van der Waals surface area contributed by atoms with Crippen LogP contribution >= 0.6 is 0 Å². The van der Waals surface area contributed by atoms with Crippen LogP contribution in [0.3, 0.4) is 0 Å². The second-order valence-electron chi connectivity index (χ2n) is 11.4. The molecule has 1 saturated heterocycles. The fourth-order valence-corrected chi connectivity index (χ4v) is 5.27. The summed E-state index contributed by atoms with van der Waals surface area (Å²) in [6.45, 7) is 3.15. The quantitative estimate of drug-likeness (QED) is 0.197. The van der Waals surface area contributed by atoms with E-state index in [2.05, 4.69) is 20.9 Å². The predicted molar refractivity (Wildman–Crippen MR) is 169 cm³/mol. The van der Waals surface area contributed by atoms with Crippen LogP contribution < -0.4 is 26.4 Å². The van der Waals surface area contributed by atoms with Crippen LogP contribution in [0.5, 0.6) is 0 Å². The van der Waals surface area contributed by atoms with Gasteiger partial charge in [0.05, 0.1) is 6.20 Å². The van der Waals surface area contributed by atoms with Crippen LogP contribution in [0.15, 0.2) is 65.6 Å². The van der Waals surface area contributed by atoms with Gasteiger partial charge >= 0.3 is 12.1 Å². The molecule has 0 radical (unpaired) electrons. The molecule has 256 valence electrons. The monoisotopic (exact) mass is 680 g/mol. The van der Waals surface area contributed by atoms with Gasteiger partial charge in [0.1, 0.15) is 41.5 Å². The highest BCUT2D eigenvalue weighted by molar-refractivity contribution is 5.92. The van der Waals surface area contributed by atoms with E-state index in [0.29, 0.717) is 16.9 Å². The number of carboxylic acids is 1. The van der Waals surface area contributed by atoms with Crippen LogP contribution in [-0.4, -0.2) is 69.6 Å². The van der Waals surface area contributed by atoms with E-state index in [1.54, 1.807) is 24.3 Å². The van der Waals surface area contributed by atoms with Gasteiger partial charge in [-0.25, -0.2) is 27.7 Å². The number of halogens is 3. The van der Waals surface area contributed by atoms with E-state index in [1.807, 2.05) is 6.07 Å². The predicted octanol–water partition coefficient (Wildman–Crippen LogP) is 2.99. The van der Waals surface area contributed by atoms with Crippen molar-refractivity contribution in [1.82, 2.24) is 25.3 Å². The molecule has 1 aliphatic rings. The Bertz CT molecular complexity index is 1990. The molecule has 1 fully saturated rings. The standard InChI is InChI=1S/C33H31F3N6O7/c1-17(37-29(43)18(2)38-33(48)49-16-19-6-4-3-5-7-19)30(44)39-21-10-11-41(14-21)28-26(36)15-42-27(40-28)23(13-24(31(42)45)32(46)47)22-9-8-20(34)12-25(22)35/h3-9,12-13,15,17-18,21H,10-11,14,16H2,1-2H3,(H,37,43)(H,38,48)(H,39,44)(H,46,47)/t17-,18+,21?/m0/s1. The molecule has 13 nitrogen and oxygen atoms in total. The summed E-state index contributed by atoms with van der Waals surface area (Å²) in [4.78, 5) is 68.0. The van der Waals surface area contributed by atoms with Crippen molar-refractivity contribution >= 4 is 35.3 Å². The third kappa shape index (κ3) is 7.80. The topological polar surface area (TPSA) is 171 Å². The van der Waals surface area contributed by atoms with Crippen LogP contribution in [0.4, 0.5) is 23.8 Å². The molecule has 3 amide bonds. The van der Waals surface area contributed by atoms with E-state index in [-0.39, 0.29) is 42.3 Å². The van der Waals surface area contributed by atoms with Crippen molar-refractivity contribution in [1.29, 1.82) is 0 Å². The number of rotatable bonds is 10. The maximum Gasteiger partial charge on any atom is 0.408 e. The Hall–Kier alpha value is -5.93. The van der Waals surface area contributed by atoms with E-state index < -0.39 is 70.6 Å². The third-order valence-electron chi connectivity index (χ3n) is 7.85. The summed E-state index contributed by atoms with van der Waals surface area (Å²) in [5.74, 6) is -5.99. The number of aromatic nitrogens is 2. The molecule has 2 aromatic heterocycles. The number of ether oxygens (including phenoxy) is 1. The van der Waals surface area contributed by atoms with Crippen LogP contribution in [0.1, 0.15) is 36.2 Å². The fourth-order valence-electron chi connectivity index (χ4n) is 5.27. The summed E-state index contributed by atoms with van der Waals surface area (Å²) in [6.07, 6.45) is 0.271. The Morgan fingerprint density at radius 3 is 2.37 bits per heavy atom. The summed E-state index contributed by atoms with van der Waals surface area (Å²) < 4.78 is 49.6. The third-order valence-corrected chi connectivity index (χ3v) is 7.85. The summed E-state index contributed by atoms with van der Waals surface area (Å²) >= 11 is 0. The molecule has 1 unspecified atom stereocenters. The van der Waals surface area contributed by atoms with E-state index in [4.69, 9.17) is 4.74 Å². The van der Waals surface area contributed by atoms with E-state index in [9.17, 15) is 37.9 Å². The highest BCUT2D eigenvalue weighted by atomic mass is 19.1. The number of carbonyl (C=O) groups excluding carboxylic acids is 3. The lowest BCUT2D eigenvalue weighted by Gasteiger charge is -2.22. The van der Waals surface area contributed by atoms with Crippen LogP contribution in [-0.2, 0) is 20.9 Å². The average Bonchev–Trinajstić information content (AvgIpc) is 3.52. The minimum Gasteiger partial charge on any atom is -0.477 e. The molecule has 0 saturated carbocycles. The number of aromatic carboxylic acids is 1. The number of nitrogens with zero attached hydrogens (tertiary/aromatic N) is 3. The second kappa shape index (κ2) is 14.5. The maximum atomic E-state index is 15.4. The van der Waals surface area contributed by atoms with Crippen molar-refractivity contribution in [3.8, 4) is 11.1 Å². The molecule has 0 spiro atoms. The normalized spacial score (nSPS) is 15.4. The van der Waals surface area contributed by atoms with Gasteiger partial charge in [-0.2, -0.15) is 0 Å². The molecule has 3 heterocycles. The van der Waals surface area contributed by atoms with Gasteiger partial charge in [-0.1, -0.05) is 30.3 Å². The number of nitrogens with one attached hydrogen (secondary N) is 3. The lowest BCUT2D eigenvalue weighted by Crippen LogP contribution is -2.53. The molecular weight excluding hydrogens is 649 g/mol. The lowest BCUT2D eigenvalue weighted by molar-refractivity contribution is -0.129. The van der Waals surface area contributed by atoms with Crippen molar-refractivity contribution in [3.05, 3.63) is 99.7 Å². The zero-order chi connectivity index (χ0) is 35.4. The van der Waals surface area contributed by atoms with Crippen molar-refractivity contribution in [2.45, 2.75) is 45.0 Å². The maximum absolute atomic E-state index is 15.4. The van der Waals surface area contributed by atoms with Gasteiger partial charge in [0.2, 0.25) is 11.8 Å². The number of pyridine rings is 1. The number of alkyl carbamates (subject to hydrolysis) is 1. The lowest BCUT2D eigenvalue weighted by atomic mass is 10.0. The van der Waals surface area contributed by atoms with Crippen LogP contribution in [0.25, 0.3) is 16.8 Å². The molecule has 3 atom stereocenters. The smallest absolute Gasteiger partial charge is 0.408 e. The van der Waals surface area contributed by atoms with Gasteiger partial charge in [-0.15, -0.1) is 0 Å². The Labute approximate surface area is 276 Å². The van der Waals surface area contributed by atoms with Crippen molar-refractivity contribution in [3.63, 3.8) is 0 Å². The molecule has 49 heavy (non-hydrogen) atoms. The Morgan fingerprint density at radius 2 is 1.67 bits per heavy atom. The minimum atomic E-state index is -1.64. The highest BCUT2D eigenvalue weighted by Gasteiger charge is 2.30. The van der Waals surface area contributed by atoms with Gasteiger partial charge in [0.25, 0.3) is 5.56 Å². The summed E-state index contributed by atoms with van der Waals surface area (Å²) in [5, 5.41) is 17.2. The van der Waals surface area contributed by atoms with E-state index >= 15 is 4.39 Å². The highest BCUT2D eigenvalue weighted by Crippen LogP contribution is 2.30. The molecule has 4 aromatic rings. The fraction of sp³-hybridized carbons (Fsp3) is 0.273. The largest absolute Gasteiger partial charge is 0.477 e. The first kappa shape index (κ1) is 34.4. The van der Waals surface area contributed by atoms with Gasteiger partial charge in [0, 0.05) is 36.3 Å². The Kier molecular flexibility index (Phi) is 10.1. The summed E-state index contributed by atoms with van der Waals surface area (Å²) in [7, 11) is 0. The molecule has 0 bridgehead atoms. The first-order valence-corrected chi connectivity index (χ1v) is 15.1. The van der Waals surface area contributed by atoms with Crippen molar-refractivity contribution < 1.29 is 42.2 Å². The molecule has 5 rings (SSSR count). The first-order valence-electron chi connectivity index (χ1n) is 15.1. The van der Waals surface area contributed by atoms with Gasteiger partial charge in [0.15, 0.2) is 11.6 Å². The number of hydrogen-bond acceptors (Lipinski definition) is 8. The van der Waals surface area contributed by atoms with Crippen molar-refractivity contribution in [2.75, 3.05) is 18.0 Å². The number of benzene rings is 2. The van der Waals surface area contributed by atoms with Crippen LogP contribution in [0.2, 0.25) is 0 Å². The Morgan fingerprint density at radius 1 is 0.959 bits per heavy atom. The van der Waals surface area contributed by atoms with E-state index in [0.717, 1.165) is 30.0 Å². The minimum absolute atomic E-state index is 0.00892. The number of carbonyl (C=O) groups is 4. The van der Waals surface area contributed by atoms with Gasteiger partial charge in [-0.05, 0) is 44.0 Å².